The van der Waals surface area contributed by atoms with E-state index < -0.39 is 11.2 Å². The first-order valence-electron chi connectivity index (χ1n) is 10.1. The number of hydrogen-bond donors (Lipinski definition) is 1. The standard InChI is InChI=1S/C22H28BrN3O4/c1-21(2,3)30-20(28)26-13-5-6-16(14-26)22(4,29-19-24-11-12-25-19)18(27)15-7-9-17(23)10-8-15/h7-12,16H,5-6,13-14H2,1-4H3,(H,24,25). The molecule has 2 aromatic rings. The number of imidazole rings is 1. The van der Waals surface area contributed by atoms with Crippen LogP contribution in [-0.4, -0.2) is 51.0 Å². The lowest BCUT2D eigenvalue weighted by Crippen LogP contribution is -2.55. The second-order valence-corrected chi connectivity index (χ2v) is 9.62. The maximum atomic E-state index is 13.6. The predicted molar refractivity (Wildman–Crippen MR) is 117 cm³/mol. The lowest BCUT2D eigenvalue weighted by atomic mass is 9.78. The molecule has 0 bridgehead atoms. The van der Waals surface area contributed by atoms with Crippen molar-refractivity contribution < 1.29 is 19.1 Å². The van der Waals surface area contributed by atoms with Crippen molar-refractivity contribution in [2.24, 2.45) is 5.92 Å². The van der Waals surface area contributed by atoms with Gasteiger partial charge in [0.25, 0.3) is 6.01 Å². The number of ketones is 1. The summed E-state index contributed by atoms with van der Waals surface area (Å²) < 4.78 is 12.6. The average Bonchev–Trinajstić information content (AvgIpc) is 3.19. The fourth-order valence-electron chi connectivity index (χ4n) is 3.63. The summed E-state index contributed by atoms with van der Waals surface area (Å²) in [7, 11) is 0. The monoisotopic (exact) mass is 477 g/mol. The normalized spacial score (nSPS) is 19.1. The summed E-state index contributed by atoms with van der Waals surface area (Å²) in [5.74, 6) is -0.373. The summed E-state index contributed by atoms with van der Waals surface area (Å²) in [5.41, 5.74) is -1.24. The third-order valence-corrected chi connectivity index (χ3v) is 5.72. The van der Waals surface area contributed by atoms with Gasteiger partial charge in [-0.05, 0) is 52.7 Å². The number of carbonyl (C=O) groups is 2. The van der Waals surface area contributed by atoms with E-state index in [1.807, 2.05) is 32.9 Å². The minimum Gasteiger partial charge on any atom is -0.450 e. The van der Waals surface area contributed by atoms with Crippen molar-refractivity contribution in [1.82, 2.24) is 14.9 Å². The highest BCUT2D eigenvalue weighted by Crippen LogP contribution is 2.34. The Hall–Kier alpha value is -2.35. The van der Waals surface area contributed by atoms with E-state index in [0.717, 1.165) is 17.3 Å². The van der Waals surface area contributed by atoms with E-state index in [4.69, 9.17) is 9.47 Å². The minimum atomic E-state index is -1.20. The van der Waals surface area contributed by atoms with Crippen molar-refractivity contribution in [2.45, 2.75) is 51.7 Å². The molecule has 0 saturated carbocycles. The Morgan fingerprint density at radius 1 is 1.20 bits per heavy atom. The Labute approximate surface area is 185 Å². The van der Waals surface area contributed by atoms with Gasteiger partial charge >= 0.3 is 6.09 Å². The second kappa shape index (κ2) is 8.79. The van der Waals surface area contributed by atoms with Gasteiger partial charge < -0.3 is 19.4 Å². The molecular weight excluding hydrogens is 450 g/mol. The van der Waals surface area contributed by atoms with Crippen LogP contribution in [0.1, 0.15) is 50.9 Å². The molecule has 1 aliphatic rings. The number of aromatic amines is 1. The lowest BCUT2D eigenvalue weighted by Gasteiger charge is -2.42. The average molecular weight is 478 g/mol. The van der Waals surface area contributed by atoms with Gasteiger partial charge in [-0.25, -0.2) is 9.78 Å². The zero-order valence-corrected chi connectivity index (χ0v) is 19.4. The molecular formula is C22H28BrN3O4. The molecule has 1 saturated heterocycles. The van der Waals surface area contributed by atoms with Crippen molar-refractivity contribution in [3.63, 3.8) is 0 Å². The number of piperidine rings is 1. The number of hydrogen-bond acceptors (Lipinski definition) is 5. The number of nitrogens with one attached hydrogen (secondary N) is 1. The minimum absolute atomic E-state index is 0.151. The number of carbonyl (C=O) groups excluding carboxylic acids is 2. The highest BCUT2D eigenvalue weighted by molar-refractivity contribution is 9.10. The third-order valence-electron chi connectivity index (χ3n) is 5.19. The van der Waals surface area contributed by atoms with Gasteiger partial charge in [0.1, 0.15) is 5.60 Å². The highest BCUT2D eigenvalue weighted by Gasteiger charge is 2.47. The van der Waals surface area contributed by atoms with E-state index in [1.165, 1.54) is 0 Å². The first kappa shape index (κ1) is 22.3. The smallest absolute Gasteiger partial charge is 0.410 e. The van der Waals surface area contributed by atoms with Gasteiger partial charge in [0, 0.05) is 41.4 Å². The van der Waals surface area contributed by atoms with E-state index in [1.54, 1.807) is 36.4 Å². The molecule has 2 atom stereocenters. The predicted octanol–water partition coefficient (Wildman–Crippen LogP) is 4.84. The number of H-pyrrole nitrogens is 1. The number of likely N-dealkylation sites (tertiary alicyclic amines) is 1. The van der Waals surface area contributed by atoms with Gasteiger partial charge in [0.2, 0.25) is 5.78 Å². The lowest BCUT2D eigenvalue weighted by molar-refractivity contribution is -0.0179. The van der Waals surface area contributed by atoms with Gasteiger partial charge in [-0.2, -0.15) is 0 Å². The molecule has 8 heteroatoms. The van der Waals surface area contributed by atoms with Crippen LogP contribution in [-0.2, 0) is 4.74 Å². The summed E-state index contributed by atoms with van der Waals surface area (Å²) >= 11 is 3.40. The van der Waals surface area contributed by atoms with Crippen molar-refractivity contribution in [3.8, 4) is 6.01 Å². The molecule has 7 nitrogen and oxygen atoms in total. The number of rotatable bonds is 5. The first-order valence-corrected chi connectivity index (χ1v) is 10.8. The highest BCUT2D eigenvalue weighted by atomic mass is 79.9. The van der Waals surface area contributed by atoms with E-state index in [9.17, 15) is 9.59 Å². The number of amides is 1. The van der Waals surface area contributed by atoms with Crippen molar-refractivity contribution in [1.29, 1.82) is 0 Å². The molecule has 1 aromatic heterocycles. The van der Waals surface area contributed by atoms with Crippen LogP contribution in [0.4, 0.5) is 4.79 Å². The van der Waals surface area contributed by atoms with Crippen LogP contribution >= 0.6 is 15.9 Å². The zero-order valence-electron chi connectivity index (χ0n) is 17.8. The van der Waals surface area contributed by atoms with Crippen molar-refractivity contribution in [2.75, 3.05) is 13.1 Å². The largest absolute Gasteiger partial charge is 0.450 e. The van der Waals surface area contributed by atoms with Crippen molar-refractivity contribution in [3.05, 3.63) is 46.7 Å². The van der Waals surface area contributed by atoms with E-state index in [2.05, 4.69) is 25.9 Å². The Balaban J connectivity index is 1.88. The summed E-state index contributed by atoms with van der Waals surface area (Å²) in [6.07, 6.45) is 4.36. The second-order valence-electron chi connectivity index (χ2n) is 8.70. The number of benzene rings is 1. The number of aromatic nitrogens is 2. The molecule has 0 spiro atoms. The van der Waals surface area contributed by atoms with Gasteiger partial charge in [-0.1, -0.05) is 28.1 Å². The number of nitrogens with zero attached hydrogens (tertiary/aromatic N) is 2. The molecule has 30 heavy (non-hydrogen) atoms. The van der Waals surface area contributed by atoms with E-state index in [-0.39, 0.29) is 23.8 Å². The van der Waals surface area contributed by atoms with Crippen LogP contribution in [0.25, 0.3) is 0 Å². The Bertz CT molecular complexity index is 877. The molecule has 162 valence electrons. The quantitative estimate of drug-likeness (QED) is 0.622. The zero-order chi connectivity index (χ0) is 21.9. The van der Waals surface area contributed by atoms with Crippen LogP contribution in [0.5, 0.6) is 6.01 Å². The van der Waals surface area contributed by atoms with E-state index in [0.29, 0.717) is 18.7 Å². The maximum absolute atomic E-state index is 13.6. The van der Waals surface area contributed by atoms with Crippen LogP contribution in [0.3, 0.4) is 0 Å². The molecule has 2 heterocycles. The third kappa shape index (κ3) is 5.22. The number of ether oxygens (including phenoxy) is 2. The number of halogens is 1. The molecule has 1 aromatic carbocycles. The van der Waals surface area contributed by atoms with Crippen LogP contribution in [0, 0.1) is 5.92 Å². The molecule has 2 unspecified atom stereocenters. The number of Topliss-reactive ketones (excluding diaryl/α,β-unsaturated/α-hetero) is 1. The summed E-state index contributed by atoms with van der Waals surface area (Å²) in [6, 6.07) is 7.47. The van der Waals surface area contributed by atoms with Crippen LogP contribution in [0.2, 0.25) is 0 Å². The van der Waals surface area contributed by atoms with Gasteiger partial charge in [0.15, 0.2) is 5.60 Å². The fourth-order valence-corrected chi connectivity index (χ4v) is 3.89. The van der Waals surface area contributed by atoms with Gasteiger partial charge in [-0.15, -0.1) is 0 Å². The van der Waals surface area contributed by atoms with Crippen LogP contribution < -0.4 is 4.74 Å². The Morgan fingerprint density at radius 3 is 2.50 bits per heavy atom. The van der Waals surface area contributed by atoms with Gasteiger partial charge in [0.05, 0.1) is 0 Å². The first-order chi connectivity index (χ1) is 14.1. The molecule has 1 fully saturated rings. The SMILES string of the molecule is CC(C)(C)OC(=O)N1CCCC(C(C)(Oc2ncc[nH]2)C(=O)c2ccc(Br)cc2)C1. The Kier molecular flexibility index (Phi) is 6.55. The molecule has 3 rings (SSSR count). The summed E-state index contributed by atoms with van der Waals surface area (Å²) in [5, 5.41) is 0. The summed E-state index contributed by atoms with van der Waals surface area (Å²) in [6.45, 7) is 8.26. The van der Waals surface area contributed by atoms with Crippen LogP contribution in [0.15, 0.2) is 41.1 Å². The topological polar surface area (TPSA) is 84.5 Å². The van der Waals surface area contributed by atoms with Crippen molar-refractivity contribution >= 4 is 27.8 Å². The molecule has 0 aliphatic carbocycles. The van der Waals surface area contributed by atoms with E-state index >= 15 is 0 Å². The molecule has 1 aliphatic heterocycles. The molecule has 0 radical (unpaired) electrons. The maximum Gasteiger partial charge on any atom is 0.410 e. The fraction of sp³-hybridized carbons (Fsp3) is 0.500. The molecule has 1 N–H and O–H groups in total. The summed E-state index contributed by atoms with van der Waals surface area (Å²) in [4.78, 5) is 35.0. The molecule has 1 amide bonds. The van der Waals surface area contributed by atoms with Gasteiger partial charge in [-0.3, -0.25) is 4.79 Å². The Morgan fingerprint density at radius 2 is 1.90 bits per heavy atom.